The van der Waals surface area contributed by atoms with E-state index in [1.54, 1.807) is 4.68 Å². The van der Waals surface area contributed by atoms with Crippen molar-refractivity contribution in [2.24, 2.45) is 7.05 Å². The third-order valence-corrected chi connectivity index (χ3v) is 5.66. The van der Waals surface area contributed by atoms with E-state index in [0.29, 0.717) is 11.4 Å². The van der Waals surface area contributed by atoms with Crippen molar-refractivity contribution in [2.45, 2.75) is 19.4 Å². The van der Waals surface area contributed by atoms with Crippen LogP contribution in [0, 0.1) is 0 Å². The van der Waals surface area contributed by atoms with Crippen molar-refractivity contribution in [3.63, 3.8) is 0 Å². The number of benzene rings is 2. The molecule has 1 aliphatic rings. The Morgan fingerprint density at radius 3 is 2.71 bits per heavy atom. The van der Waals surface area contributed by atoms with E-state index in [4.69, 9.17) is 0 Å². The number of fused-ring (bicyclic) bond motifs is 1. The van der Waals surface area contributed by atoms with Gasteiger partial charge in [-0.2, -0.15) is 5.10 Å². The summed E-state index contributed by atoms with van der Waals surface area (Å²) in [7, 11) is 1.89. The van der Waals surface area contributed by atoms with Crippen LogP contribution < -0.4 is 5.32 Å². The number of amides is 1. The maximum Gasteiger partial charge on any atom is 0.256 e. The van der Waals surface area contributed by atoms with Gasteiger partial charge in [-0.05, 0) is 67.4 Å². The lowest BCUT2D eigenvalue weighted by Crippen LogP contribution is -2.19. The Hall–Kier alpha value is -3.58. The highest BCUT2D eigenvalue weighted by atomic mass is 16.1. The minimum absolute atomic E-state index is 0.180. The third-order valence-electron chi connectivity index (χ3n) is 5.66. The third kappa shape index (κ3) is 4.32. The molecule has 5 rings (SSSR count). The van der Waals surface area contributed by atoms with Gasteiger partial charge in [-0.15, -0.1) is 10.2 Å². The van der Waals surface area contributed by atoms with Gasteiger partial charge in [0.25, 0.3) is 5.91 Å². The van der Waals surface area contributed by atoms with Crippen LogP contribution in [0.4, 0.5) is 5.82 Å². The number of hydrogen-bond donors (Lipinski definition) is 1. The van der Waals surface area contributed by atoms with Gasteiger partial charge in [-0.1, -0.05) is 18.2 Å². The van der Waals surface area contributed by atoms with Crippen molar-refractivity contribution < 1.29 is 4.79 Å². The lowest BCUT2D eigenvalue weighted by Gasteiger charge is -2.15. The molecule has 7 nitrogen and oxygen atoms in total. The molecular weight excluding hydrogens is 388 g/mol. The molecule has 0 atom stereocenters. The molecule has 1 aliphatic heterocycles. The molecule has 2 aromatic heterocycles. The maximum absolute atomic E-state index is 12.8. The van der Waals surface area contributed by atoms with E-state index in [-0.39, 0.29) is 5.91 Å². The van der Waals surface area contributed by atoms with Gasteiger partial charge in [0.15, 0.2) is 5.82 Å². The minimum atomic E-state index is -0.180. The van der Waals surface area contributed by atoms with Gasteiger partial charge in [0.05, 0.1) is 11.7 Å². The summed E-state index contributed by atoms with van der Waals surface area (Å²) in [6.07, 6.45) is 6.30. The number of carbonyl (C=O) groups is 1. The van der Waals surface area contributed by atoms with Crippen LogP contribution in [0.25, 0.3) is 22.0 Å². The van der Waals surface area contributed by atoms with Gasteiger partial charge in [0, 0.05) is 36.3 Å². The molecular formula is C24H24N6O. The first-order chi connectivity index (χ1) is 15.1. The first kappa shape index (κ1) is 19.4. The zero-order valence-corrected chi connectivity index (χ0v) is 17.5. The molecule has 0 radical (unpaired) electrons. The van der Waals surface area contributed by atoms with Crippen LogP contribution >= 0.6 is 0 Å². The summed E-state index contributed by atoms with van der Waals surface area (Å²) < 4.78 is 1.77. The standard InChI is InChI=1S/C24H24N6O/c1-29-16-21(14-25-29)18-7-8-22-20(12-18)13-23(28-27-22)26-24(31)19-6-4-5-17(11-19)15-30-9-2-3-10-30/h4-8,11-14,16H,2-3,9-10,15H2,1H3,(H,26,28,31). The van der Waals surface area contributed by atoms with E-state index >= 15 is 0 Å². The highest BCUT2D eigenvalue weighted by Crippen LogP contribution is 2.24. The molecule has 1 amide bonds. The molecule has 1 fully saturated rings. The molecule has 0 spiro atoms. The first-order valence-corrected chi connectivity index (χ1v) is 10.5. The number of likely N-dealkylation sites (tertiary alicyclic amines) is 1. The lowest BCUT2D eigenvalue weighted by atomic mass is 10.1. The van der Waals surface area contributed by atoms with E-state index in [1.807, 2.05) is 61.9 Å². The maximum atomic E-state index is 12.8. The number of anilines is 1. The molecule has 1 saturated heterocycles. The van der Waals surface area contributed by atoms with Gasteiger partial charge in [-0.3, -0.25) is 14.4 Å². The Labute approximate surface area is 180 Å². The van der Waals surface area contributed by atoms with Crippen LogP contribution in [0.3, 0.4) is 0 Å². The van der Waals surface area contributed by atoms with Crippen LogP contribution in [0.1, 0.15) is 28.8 Å². The molecule has 1 N–H and O–H groups in total. The van der Waals surface area contributed by atoms with Gasteiger partial charge >= 0.3 is 0 Å². The zero-order valence-electron chi connectivity index (χ0n) is 17.5. The van der Waals surface area contributed by atoms with Crippen LogP contribution in [-0.2, 0) is 13.6 Å². The first-order valence-electron chi connectivity index (χ1n) is 10.5. The summed E-state index contributed by atoms with van der Waals surface area (Å²) in [6.45, 7) is 3.14. The van der Waals surface area contributed by atoms with Gasteiger partial charge in [0.2, 0.25) is 0 Å². The average Bonchev–Trinajstić information content (AvgIpc) is 3.45. The van der Waals surface area contributed by atoms with Crippen LogP contribution in [-0.4, -0.2) is 43.9 Å². The number of aryl methyl sites for hydroxylation is 1. The summed E-state index contributed by atoms with van der Waals surface area (Å²) in [5, 5.41) is 16.5. The van der Waals surface area contributed by atoms with Crippen molar-refractivity contribution in [2.75, 3.05) is 18.4 Å². The Balaban J connectivity index is 1.35. The zero-order chi connectivity index (χ0) is 21.2. The van der Waals surface area contributed by atoms with Gasteiger partial charge < -0.3 is 5.32 Å². The Kier molecular flexibility index (Phi) is 5.18. The fourth-order valence-electron chi connectivity index (χ4n) is 4.05. The minimum Gasteiger partial charge on any atom is -0.305 e. The summed E-state index contributed by atoms with van der Waals surface area (Å²) >= 11 is 0. The van der Waals surface area contributed by atoms with Crippen molar-refractivity contribution in [3.8, 4) is 11.1 Å². The molecule has 0 unspecified atom stereocenters. The van der Waals surface area contributed by atoms with Gasteiger partial charge in [0.1, 0.15) is 0 Å². The van der Waals surface area contributed by atoms with E-state index < -0.39 is 0 Å². The largest absolute Gasteiger partial charge is 0.305 e. The highest BCUT2D eigenvalue weighted by Gasteiger charge is 2.14. The normalized spacial score (nSPS) is 14.2. The molecule has 4 aromatic rings. The summed E-state index contributed by atoms with van der Waals surface area (Å²) in [4.78, 5) is 15.2. The van der Waals surface area contributed by atoms with Crippen molar-refractivity contribution in [3.05, 3.63) is 72.1 Å². The molecule has 0 bridgehead atoms. The number of hydrogen-bond acceptors (Lipinski definition) is 5. The topological polar surface area (TPSA) is 75.9 Å². The van der Waals surface area contributed by atoms with E-state index in [0.717, 1.165) is 47.2 Å². The summed E-state index contributed by atoms with van der Waals surface area (Å²) in [5.41, 5.74) is 4.63. The average molecular weight is 412 g/mol. The quantitative estimate of drug-likeness (QED) is 0.538. The monoisotopic (exact) mass is 412 g/mol. The molecule has 156 valence electrons. The summed E-state index contributed by atoms with van der Waals surface area (Å²) in [6, 6.07) is 15.6. The van der Waals surface area contributed by atoms with Crippen LogP contribution in [0.15, 0.2) is 60.9 Å². The number of rotatable bonds is 5. The van der Waals surface area contributed by atoms with Crippen LogP contribution in [0.2, 0.25) is 0 Å². The molecule has 7 heteroatoms. The molecule has 3 heterocycles. The number of carbonyl (C=O) groups excluding carboxylic acids is 1. The molecule has 2 aromatic carbocycles. The van der Waals surface area contributed by atoms with E-state index in [9.17, 15) is 4.79 Å². The van der Waals surface area contributed by atoms with Gasteiger partial charge in [-0.25, -0.2) is 0 Å². The van der Waals surface area contributed by atoms with E-state index in [2.05, 4.69) is 31.6 Å². The van der Waals surface area contributed by atoms with E-state index in [1.165, 1.54) is 12.8 Å². The smallest absolute Gasteiger partial charge is 0.256 e. The molecule has 0 aliphatic carbocycles. The Morgan fingerprint density at radius 2 is 1.90 bits per heavy atom. The highest BCUT2D eigenvalue weighted by molar-refractivity contribution is 6.04. The number of nitrogens with one attached hydrogen (secondary N) is 1. The fourth-order valence-corrected chi connectivity index (χ4v) is 4.05. The Bertz CT molecular complexity index is 1240. The second-order valence-corrected chi connectivity index (χ2v) is 8.04. The SMILES string of the molecule is Cn1cc(-c2ccc3nnc(NC(=O)c4cccc(CN5CCCC5)c4)cc3c2)cn1. The molecule has 31 heavy (non-hydrogen) atoms. The lowest BCUT2D eigenvalue weighted by molar-refractivity contribution is 0.102. The predicted octanol–water partition coefficient (Wildman–Crippen LogP) is 3.88. The number of aromatic nitrogens is 4. The second-order valence-electron chi connectivity index (χ2n) is 8.04. The summed E-state index contributed by atoms with van der Waals surface area (Å²) in [5.74, 6) is 0.256. The van der Waals surface area contributed by atoms with Crippen LogP contribution in [0.5, 0.6) is 0 Å². The van der Waals surface area contributed by atoms with Crippen molar-refractivity contribution in [1.82, 2.24) is 24.9 Å². The Morgan fingerprint density at radius 1 is 1.03 bits per heavy atom. The molecule has 0 saturated carbocycles. The number of nitrogens with zero attached hydrogens (tertiary/aromatic N) is 5. The van der Waals surface area contributed by atoms with Crippen molar-refractivity contribution >= 4 is 22.6 Å². The predicted molar refractivity (Wildman–Crippen MR) is 121 cm³/mol. The fraction of sp³-hybridized carbons (Fsp3) is 0.250. The van der Waals surface area contributed by atoms with Crippen molar-refractivity contribution in [1.29, 1.82) is 0 Å². The second kappa shape index (κ2) is 8.28.